The summed E-state index contributed by atoms with van der Waals surface area (Å²) in [6.07, 6.45) is 0. The summed E-state index contributed by atoms with van der Waals surface area (Å²) in [6, 6.07) is 10.6. The molecule has 110 valence electrons. The number of nitrogens with one attached hydrogen (secondary N) is 1. The van der Waals surface area contributed by atoms with E-state index in [1.54, 1.807) is 24.3 Å². The molecule has 5 nitrogen and oxygen atoms in total. The summed E-state index contributed by atoms with van der Waals surface area (Å²) in [5, 5.41) is 12.7. The van der Waals surface area contributed by atoms with Crippen LogP contribution in [0.3, 0.4) is 0 Å². The number of hydrogen-bond donors (Lipinski definition) is 3. The second kappa shape index (κ2) is 6.60. The summed E-state index contributed by atoms with van der Waals surface area (Å²) in [7, 11) is 0. The van der Waals surface area contributed by atoms with Gasteiger partial charge in [0, 0.05) is 17.8 Å². The number of nitrogens with two attached hydrogens (primary N) is 1. The Balaban J connectivity index is 1.94. The molecule has 2 aromatic rings. The Kier molecular flexibility index (Phi) is 4.61. The van der Waals surface area contributed by atoms with Gasteiger partial charge in [0.15, 0.2) is 6.61 Å². The lowest BCUT2D eigenvalue weighted by Gasteiger charge is -2.09. The third-order valence-corrected chi connectivity index (χ3v) is 2.76. The molecule has 0 fully saturated rings. The molecule has 0 bridgehead atoms. The Morgan fingerprint density at radius 2 is 1.95 bits per heavy atom. The highest BCUT2D eigenvalue weighted by Gasteiger charge is 2.03. The van der Waals surface area contributed by atoms with Crippen LogP contribution in [0.15, 0.2) is 42.5 Å². The zero-order chi connectivity index (χ0) is 15.2. The average molecular weight is 290 g/mol. The number of phenols is 1. The van der Waals surface area contributed by atoms with Gasteiger partial charge < -0.3 is 20.9 Å². The van der Waals surface area contributed by atoms with Gasteiger partial charge >= 0.3 is 0 Å². The monoisotopic (exact) mass is 290 g/mol. The molecule has 0 saturated heterocycles. The van der Waals surface area contributed by atoms with Gasteiger partial charge in [0.25, 0.3) is 5.91 Å². The fourth-order valence-corrected chi connectivity index (χ4v) is 1.72. The summed E-state index contributed by atoms with van der Waals surface area (Å²) < 4.78 is 18.2. The average Bonchev–Trinajstić information content (AvgIpc) is 2.47. The largest absolute Gasteiger partial charge is 0.508 e. The maximum absolute atomic E-state index is 13.1. The van der Waals surface area contributed by atoms with Crippen molar-refractivity contribution in [1.82, 2.24) is 0 Å². The lowest BCUT2D eigenvalue weighted by atomic mass is 10.2. The number of anilines is 1. The van der Waals surface area contributed by atoms with Crippen molar-refractivity contribution in [3.05, 3.63) is 53.8 Å². The van der Waals surface area contributed by atoms with Crippen molar-refractivity contribution in [2.75, 3.05) is 11.9 Å². The van der Waals surface area contributed by atoms with E-state index in [0.717, 1.165) is 5.69 Å². The minimum Gasteiger partial charge on any atom is -0.508 e. The summed E-state index contributed by atoms with van der Waals surface area (Å²) >= 11 is 0. The number of amides is 1. The van der Waals surface area contributed by atoms with E-state index >= 15 is 0 Å². The van der Waals surface area contributed by atoms with Gasteiger partial charge in [0.05, 0.1) is 0 Å². The van der Waals surface area contributed by atoms with E-state index in [9.17, 15) is 14.3 Å². The first-order valence-electron chi connectivity index (χ1n) is 6.27. The van der Waals surface area contributed by atoms with E-state index < -0.39 is 11.7 Å². The van der Waals surface area contributed by atoms with Gasteiger partial charge in [-0.2, -0.15) is 0 Å². The van der Waals surface area contributed by atoms with Crippen LogP contribution in [0, 0.1) is 5.82 Å². The molecule has 0 heterocycles. The Morgan fingerprint density at radius 1 is 1.24 bits per heavy atom. The first-order valence-corrected chi connectivity index (χ1v) is 6.27. The van der Waals surface area contributed by atoms with Gasteiger partial charge in [-0.25, -0.2) is 4.39 Å². The van der Waals surface area contributed by atoms with Crippen molar-refractivity contribution >= 4 is 11.6 Å². The predicted molar refractivity (Wildman–Crippen MR) is 76.5 cm³/mol. The second-order valence-electron chi connectivity index (χ2n) is 4.41. The Bertz CT molecular complexity index is 629. The van der Waals surface area contributed by atoms with E-state index in [0.29, 0.717) is 11.3 Å². The van der Waals surface area contributed by atoms with Crippen molar-refractivity contribution in [1.29, 1.82) is 0 Å². The van der Waals surface area contributed by atoms with Gasteiger partial charge in [-0.05, 0) is 42.5 Å². The highest BCUT2D eigenvalue weighted by Crippen LogP contribution is 2.20. The lowest BCUT2D eigenvalue weighted by Crippen LogP contribution is -2.19. The standard InChI is InChI=1S/C15H15FN2O3/c16-11-1-6-14(19)10(7-11)8-18-12-2-4-13(5-3-12)21-9-15(17)20/h1-7,18-19H,8-9H2,(H2,17,20). The first kappa shape index (κ1) is 14.6. The maximum Gasteiger partial charge on any atom is 0.255 e. The molecule has 0 radical (unpaired) electrons. The SMILES string of the molecule is NC(=O)COc1ccc(NCc2cc(F)ccc2O)cc1. The van der Waals surface area contributed by atoms with Crippen LogP contribution in [0.2, 0.25) is 0 Å². The fraction of sp³-hybridized carbons (Fsp3) is 0.133. The molecule has 0 saturated carbocycles. The van der Waals surface area contributed by atoms with Gasteiger partial charge in [-0.15, -0.1) is 0 Å². The number of carbonyl (C=O) groups excluding carboxylic acids is 1. The van der Waals surface area contributed by atoms with Crippen LogP contribution < -0.4 is 15.8 Å². The highest BCUT2D eigenvalue weighted by molar-refractivity contribution is 5.75. The number of carbonyl (C=O) groups is 1. The minimum absolute atomic E-state index is 0.0327. The summed E-state index contributed by atoms with van der Waals surface area (Å²) in [6.45, 7) is 0.106. The van der Waals surface area contributed by atoms with Crippen LogP contribution in [-0.4, -0.2) is 17.6 Å². The maximum atomic E-state index is 13.1. The molecule has 0 aliphatic rings. The minimum atomic E-state index is -0.543. The van der Waals surface area contributed by atoms with Crippen LogP contribution in [0.1, 0.15) is 5.56 Å². The number of phenolic OH excluding ortho intramolecular Hbond substituents is 1. The molecule has 0 aromatic heterocycles. The number of benzene rings is 2. The van der Waals surface area contributed by atoms with Crippen LogP contribution in [-0.2, 0) is 11.3 Å². The van der Waals surface area contributed by atoms with Crippen molar-refractivity contribution in [2.24, 2.45) is 5.73 Å². The Hall–Kier alpha value is -2.76. The van der Waals surface area contributed by atoms with Crippen LogP contribution in [0.5, 0.6) is 11.5 Å². The molecule has 21 heavy (non-hydrogen) atoms. The molecule has 6 heteroatoms. The number of halogens is 1. The summed E-state index contributed by atoms with van der Waals surface area (Å²) in [4.78, 5) is 10.6. The quantitative estimate of drug-likeness (QED) is 0.759. The molecule has 0 atom stereocenters. The molecule has 1 amide bonds. The van der Waals surface area contributed by atoms with Gasteiger partial charge in [-0.3, -0.25) is 4.79 Å². The van der Waals surface area contributed by atoms with E-state index in [1.165, 1.54) is 18.2 Å². The van der Waals surface area contributed by atoms with Gasteiger partial charge in [0.2, 0.25) is 0 Å². The van der Waals surface area contributed by atoms with Crippen LogP contribution in [0.4, 0.5) is 10.1 Å². The summed E-state index contributed by atoms with van der Waals surface area (Å²) in [5.74, 6) is -0.392. The summed E-state index contributed by atoms with van der Waals surface area (Å²) in [5.41, 5.74) is 6.21. The molecule has 2 aromatic carbocycles. The van der Waals surface area contributed by atoms with Crippen molar-refractivity contribution < 1.29 is 19.0 Å². The van der Waals surface area contributed by atoms with Crippen LogP contribution in [0.25, 0.3) is 0 Å². The molecule has 0 aliphatic heterocycles. The number of hydrogen-bond acceptors (Lipinski definition) is 4. The third-order valence-electron chi connectivity index (χ3n) is 2.76. The van der Waals surface area contributed by atoms with Crippen molar-refractivity contribution in [2.45, 2.75) is 6.54 Å². The van der Waals surface area contributed by atoms with Crippen molar-refractivity contribution in [3.8, 4) is 11.5 Å². The molecule has 0 spiro atoms. The molecular formula is C15H15FN2O3. The highest BCUT2D eigenvalue weighted by atomic mass is 19.1. The van der Waals surface area contributed by atoms with E-state index in [4.69, 9.17) is 10.5 Å². The second-order valence-corrected chi connectivity index (χ2v) is 4.41. The lowest BCUT2D eigenvalue weighted by molar-refractivity contribution is -0.119. The normalized spacial score (nSPS) is 10.1. The zero-order valence-electron chi connectivity index (χ0n) is 11.2. The van der Waals surface area contributed by atoms with E-state index in [-0.39, 0.29) is 18.9 Å². The molecule has 0 unspecified atom stereocenters. The number of rotatable bonds is 6. The van der Waals surface area contributed by atoms with E-state index in [2.05, 4.69) is 5.32 Å². The predicted octanol–water partition coefficient (Wildman–Crippen LogP) is 2.01. The first-order chi connectivity index (χ1) is 10.0. The fourth-order valence-electron chi connectivity index (χ4n) is 1.72. The number of ether oxygens (including phenoxy) is 1. The topological polar surface area (TPSA) is 84.6 Å². The smallest absolute Gasteiger partial charge is 0.255 e. The van der Waals surface area contributed by atoms with Gasteiger partial charge in [-0.1, -0.05) is 0 Å². The molecule has 4 N–H and O–H groups in total. The third kappa shape index (κ3) is 4.38. The molecule has 2 rings (SSSR count). The van der Waals surface area contributed by atoms with E-state index in [1.807, 2.05) is 0 Å². The van der Waals surface area contributed by atoms with Gasteiger partial charge in [0.1, 0.15) is 17.3 Å². The Morgan fingerprint density at radius 3 is 2.62 bits per heavy atom. The number of primary amides is 1. The zero-order valence-corrected chi connectivity index (χ0v) is 11.2. The Labute approximate surface area is 121 Å². The van der Waals surface area contributed by atoms with Crippen molar-refractivity contribution in [3.63, 3.8) is 0 Å². The number of aromatic hydroxyl groups is 1. The molecule has 0 aliphatic carbocycles. The van der Waals surface area contributed by atoms with Crippen LogP contribution >= 0.6 is 0 Å². The molecular weight excluding hydrogens is 275 g/mol.